The van der Waals surface area contributed by atoms with Crippen LogP contribution < -0.4 is 5.32 Å². The van der Waals surface area contributed by atoms with E-state index in [4.69, 9.17) is 0 Å². The van der Waals surface area contributed by atoms with Crippen LogP contribution in [0.5, 0.6) is 0 Å². The standard InChI is InChI=1S/C12H17N3/c1-10(12-9-13-7-8-14-12)15-11-5-3-2-4-6-11/h3,5,7-11,15H,2,4,6H2,1H3. The molecule has 0 amide bonds. The predicted molar refractivity (Wildman–Crippen MR) is 60.4 cm³/mol. The summed E-state index contributed by atoms with van der Waals surface area (Å²) in [4.78, 5) is 8.37. The summed E-state index contributed by atoms with van der Waals surface area (Å²) >= 11 is 0. The maximum absolute atomic E-state index is 4.30. The lowest BCUT2D eigenvalue weighted by molar-refractivity contribution is 0.460. The third-order valence-electron chi connectivity index (χ3n) is 2.75. The number of aromatic nitrogens is 2. The minimum atomic E-state index is 0.270. The Hall–Kier alpha value is -1.22. The fourth-order valence-corrected chi connectivity index (χ4v) is 1.89. The molecule has 0 spiro atoms. The molecule has 0 saturated carbocycles. The van der Waals surface area contributed by atoms with Gasteiger partial charge in [0.1, 0.15) is 0 Å². The Morgan fingerprint density at radius 3 is 3.07 bits per heavy atom. The van der Waals surface area contributed by atoms with Gasteiger partial charge in [0.15, 0.2) is 0 Å². The first kappa shape index (κ1) is 10.3. The van der Waals surface area contributed by atoms with Crippen molar-refractivity contribution in [2.24, 2.45) is 0 Å². The van der Waals surface area contributed by atoms with Crippen LogP contribution in [0.15, 0.2) is 30.7 Å². The Morgan fingerprint density at radius 1 is 1.47 bits per heavy atom. The number of nitrogens with zero attached hydrogens (tertiary/aromatic N) is 2. The number of rotatable bonds is 3. The minimum Gasteiger partial charge on any atom is -0.302 e. The van der Waals surface area contributed by atoms with Crippen LogP contribution in [0.2, 0.25) is 0 Å². The molecule has 0 aromatic carbocycles. The largest absolute Gasteiger partial charge is 0.302 e. The van der Waals surface area contributed by atoms with Gasteiger partial charge in [-0.25, -0.2) is 0 Å². The molecule has 1 aliphatic rings. The highest BCUT2D eigenvalue weighted by Gasteiger charge is 2.13. The van der Waals surface area contributed by atoms with Crippen molar-refractivity contribution in [3.8, 4) is 0 Å². The molecular weight excluding hydrogens is 186 g/mol. The first-order valence-corrected chi connectivity index (χ1v) is 5.55. The van der Waals surface area contributed by atoms with Gasteiger partial charge in [-0.1, -0.05) is 12.2 Å². The molecule has 1 heterocycles. The molecule has 0 radical (unpaired) electrons. The van der Waals surface area contributed by atoms with Crippen LogP contribution in [0, 0.1) is 0 Å². The lowest BCUT2D eigenvalue weighted by Crippen LogP contribution is -2.31. The van der Waals surface area contributed by atoms with Gasteiger partial charge in [-0.05, 0) is 26.2 Å². The van der Waals surface area contributed by atoms with E-state index in [2.05, 4.69) is 34.4 Å². The molecule has 1 aromatic heterocycles. The second-order valence-electron chi connectivity index (χ2n) is 3.98. The molecule has 0 fully saturated rings. The van der Waals surface area contributed by atoms with Gasteiger partial charge in [0.2, 0.25) is 0 Å². The molecule has 0 saturated heterocycles. The molecule has 1 aromatic rings. The number of hydrogen-bond donors (Lipinski definition) is 1. The van der Waals surface area contributed by atoms with Crippen molar-refractivity contribution < 1.29 is 0 Å². The van der Waals surface area contributed by atoms with Gasteiger partial charge in [0.05, 0.1) is 5.69 Å². The molecule has 2 atom stereocenters. The van der Waals surface area contributed by atoms with Crippen LogP contribution in [0.3, 0.4) is 0 Å². The van der Waals surface area contributed by atoms with Crippen molar-refractivity contribution in [2.45, 2.75) is 38.3 Å². The Kier molecular flexibility index (Phi) is 3.45. The van der Waals surface area contributed by atoms with E-state index in [9.17, 15) is 0 Å². The Balaban J connectivity index is 1.94. The summed E-state index contributed by atoms with van der Waals surface area (Å²) in [7, 11) is 0. The lowest BCUT2D eigenvalue weighted by Gasteiger charge is -2.22. The second-order valence-corrected chi connectivity index (χ2v) is 3.98. The van der Waals surface area contributed by atoms with Crippen LogP contribution >= 0.6 is 0 Å². The van der Waals surface area contributed by atoms with E-state index in [1.54, 1.807) is 12.4 Å². The van der Waals surface area contributed by atoms with E-state index in [1.807, 2.05) is 6.20 Å². The number of hydrogen-bond acceptors (Lipinski definition) is 3. The minimum absolute atomic E-state index is 0.270. The third-order valence-corrected chi connectivity index (χ3v) is 2.75. The molecule has 0 bridgehead atoms. The Bertz CT molecular complexity index is 321. The second kappa shape index (κ2) is 5.03. The summed E-state index contributed by atoms with van der Waals surface area (Å²) in [5.74, 6) is 0. The van der Waals surface area contributed by atoms with E-state index in [-0.39, 0.29) is 6.04 Å². The molecular formula is C12H17N3. The topological polar surface area (TPSA) is 37.8 Å². The van der Waals surface area contributed by atoms with Crippen LogP contribution in [-0.2, 0) is 0 Å². The molecule has 1 N–H and O–H groups in total. The van der Waals surface area contributed by atoms with Crippen LogP contribution in [0.4, 0.5) is 0 Å². The van der Waals surface area contributed by atoms with Crippen LogP contribution in [0.25, 0.3) is 0 Å². The lowest BCUT2D eigenvalue weighted by atomic mass is 10.0. The van der Waals surface area contributed by atoms with Crippen molar-refractivity contribution >= 4 is 0 Å². The van der Waals surface area contributed by atoms with E-state index in [1.165, 1.54) is 19.3 Å². The molecule has 3 nitrogen and oxygen atoms in total. The molecule has 2 unspecified atom stereocenters. The summed E-state index contributed by atoms with van der Waals surface area (Å²) < 4.78 is 0. The van der Waals surface area contributed by atoms with Gasteiger partial charge in [0, 0.05) is 30.7 Å². The Labute approximate surface area is 90.6 Å². The Morgan fingerprint density at radius 2 is 2.40 bits per heavy atom. The smallest absolute Gasteiger partial charge is 0.0753 e. The third kappa shape index (κ3) is 2.86. The zero-order valence-corrected chi connectivity index (χ0v) is 9.06. The van der Waals surface area contributed by atoms with Crippen LogP contribution in [0.1, 0.15) is 37.9 Å². The van der Waals surface area contributed by atoms with Gasteiger partial charge in [-0.15, -0.1) is 0 Å². The SMILES string of the molecule is CC(NC1C=CCCC1)c1cnccn1. The molecule has 15 heavy (non-hydrogen) atoms. The van der Waals surface area contributed by atoms with Crippen LogP contribution in [-0.4, -0.2) is 16.0 Å². The first-order valence-electron chi connectivity index (χ1n) is 5.55. The quantitative estimate of drug-likeness (QED) is 0.765. The van der Waals surface area contributed by atoms with E-state index < -0.39 is 0 Å². The van der Waals surface area contributed by atoms with Gasteiger partial charge in [-0.2, -0.15) is 0 Å². The van der Waals surface area contributed by atoms with Crippen molar-refractivity contribution in [2.75, 3.05) is 0 Å². The fourth-order valence-electron chi connectivity index (χ4n) is 1.89. The molecule has 1 aliphatic carbocycles. The molecule has 80 valence electrons. The van der Waals surface area contributed by atoms with Crippen molar-refractivity contribution in [3.63, 3.8) is 0 Å². The average Bonchev–Trinajstić information content (AvgIpc) is 2.31. The number of nitrogens with one attached hydrogen (secondary N) is 1. The van der Waals surface area contributed by atoms with Gasteiger partial charge < -0.3 is 5.32 Å². The average molecular weight is 203 g/mol. The molecule has 3 heteroatoms. The normalized spacial score (nSPS) is 22.6. The fraction of sp³-hybridized carbons (Fsp3) is 0.500. The predicted octanol–water partition coefficient (Wildman–Crippen LogP) is 2.24. The summed E-state index contributed by atoms with van der Waals surface area (Å²) in [6, 6.07) is 0.766. The summed E-state index contributed by atoms with van der Waals surface area (Å²) in [6.45, 7) is 2.13. The summed E-state index contributed by atoms with van der Waals surface area (Å²) in [5, 5.41) is 3.55. The summed E-state index contributed by atoms with van der Waals surface area (Å²) in [5.41, 5.74) is 1.01. The maximum atomic E-state index is 4.30. The summed E-state index contributed by atoms with van der Waals surface area (Å²) in [6.07, 6.45) is 13.5. The van der Waals surface area contributed by atoms with E-state index in [0.717, 1.165) is 5.69 Å². The van der Waals surface area contributed by atoms with E-state index >= 15 is 0 Å². The first-order chi connectivity index (χ1) is 7.36. The van der Waals surface area contributed by atoms with Crippen molar-refractivity contribution in [1.29, 1.82) is 0 Å². The van der Waals surface area contributed by atoms with Gasteiger partial charge in [0.25, 0.3) is 0 Å². The highest BCUT2D eigenvalue weighted by Crippen LogP contribution is 2.15. The van der Waals surface area contributed by atoms with Gasteiger partial charge in [-0.3, -0.25) is 9.97 Å². The highest BCUT2D eigenvalue weighted by atomic mass is 15.0. The zero-order chi connectivity index (χ0) is 10.5. The number of allylic oxidation sites excluding steroid dienone is 1. The molecule has 2 rings (SSSR count). The highest BCUT2D eigenvalue weighted by molar-refractivity contribution is 5.04. The van der Waals surface area contributed by atoms with Gasteiger partial charge >= 0.3 is 0 Å². The van der Waals surface area contributed by atoms with E-state index in [0.29, 0.717) is 6.04 Å². The maximum Gasteiger partial charge on any atom is 0.0753 e. The zero-order valence-electron chi connectivity index (χ0n) is 9.06. The monoisotopic (exact) mass is 203 g/mol. The van der Waals surface area contributed by atoms with Crippen molar-refractivity contribution in [1.82, 2.24) is 15.3 Å². The molecule has 0 aliphatic heterocycles. The van der Waals surface area contributed by atoms with Crippen molar-refractivity contribution in [3.05, 3.63) is 36.4 Å².